The van der Waals surface area contributed by atoms with Gasteiger partial charge in [-0.1, -0.05) is 6.07 Å². The number of aromatic amines is 1. The van der Waals surface area contributed by atoms with Gasteiger partial charge in [0.15, 0.2) is 5.16 Å². The van der Waals surface area contributed by atoms with Crippen LogP contribution < -0.4 is 5.73 Å². The van der Waals surface area contributed by atoms with Gasteiger partial charge < -0.3 is 10.7 Å². The number of rotatable bonds is 2. The summed E-state index contributed by atoms with van der Waals surface area (Å²) in [6.07, 6.45) is 3.48. The molecule has 0 aromatic carbocycles. The summed E-state index contributed by atoms with van der Waals surface area (Å²) in [4.78, 5) is 11.2. The van der Waals surface area contributed by atoms with Crippen LogP contribution in [0.4, 0.5) is 5.82 Å². The van der Waals surface area contributed by atoms with Crippen LogP contribution in [0, 0.1) is 0 Å². The Bertz CT molecular complexity index is 385. The summed E-state index contributed by atoms with van der Waals surface area (Å²) in [6, 6.07) is 5.52. The lowest BCUT2D eigenvalue weighted by Crippen LogP contribution is -1.89. The van der Waals surface area contributed by atoms with Crippen LogP contribution in [0.5, 0.6) is 0 Å². The Morgan fingerprint density at radius 2 is 2.31 bits per heavy atom. The van der Waals surface area contributed by atoms with Gasteiger partial charge in [0.25, 0.3) is 0 Å². The Balaban J connectivity index is 2.19. The molecule has 0 fully saturated rings. The Morgan fingerprint density at radius 1 is 1.38 bits per heavy atom. The number of nitrogens with zero attached hydrogens (tertiary/aromatic N) is 2. The maximum atomic E-state index is 5.53. The molecule has 0 unspecified atom stereocenters. The van der Waals surface area contributed by atoms with Crippen LogP contribution in [-0.2, 0) is 0 Å². The number of anilines is 1. The van der Waals surface area contributed by atoms with E-state index in [9.17, 15) is 0 Å². The van der Waals surface area contributed by atoms with E-state index in [1.165, 1.54) is 11.8 Å². The standard InChI is InChI=1S/C8H8N4S/c9-6-2-1-3-7(12-6)13-8-10-4-5-11-8/h1-5H,(H2,9,12)(H,10,11). The molecular formula is C8H8N4S. The zero-order chi connectivity index (χ0) is 9.10. The second-order valence-electron chi connectivity index (χ2n) is 2.40. The van der Waals surface area contributed by atoms with E-state index in [2.05, 4.69) is 15.0 Å². The lowest BCUT2D eigenvalue weighted by Gasteiger charge is -1.97. The van der Waals surface area contributed by atoms with Crippen molar-refractivity contribution in [2.75, 3.05) is 5.73 Å². The van der Waals surface area contributed by atoms with Gasteiger partial charge in [0.1, 0.15) is 10.8 Å². The van der Waals surface area contributed by atoms with Crippen molar-refractivity contribution in [3.05, 3.63) is 30.6 Å². The third-order valence-electron chi connectivity index (χ3n) is 1.42. The Labute approximate surface area is 79.6 Å². The van der Waals surface area contributed by atoms with Crippen LogP contribution >= 0.6 is 11.8 Å². The number of nitrogen functional groups attached to an aromatic ring is 1. The topological polar surface area (TPSA) is 67.6 Å². The predicted octanol–water partition coefficient (Wildman–Crippen LogP) is 1.54. The van der Waals surface area contributed by atoms with Crippen molar-refractivity contribution in [1.29, 1.82) is 0 Å². The van der Waals surface area contributed by atoms with Crippen LogP contribution in [-0.4, -0.2) is 15.0 Å². The van der Waals surface area contributed by atoms with E-state index >= 15 is 0 Å². The molecule has 3 N–H and O–H groups in total. The van der Waals surface area contributed by atoms with E-state index in [0.29, 0.717) is 5.82 Å². The molecule has 0 aliphatic rings. The van der Waals surface area contributed by atoms with Crippen molar-refractivity contribution in [3.63, 3.8) is 0 Å². The van der Waals surface area contributed by atoms with E-state index in [0.717, 1.165) is 10.2 Å². The highest BCUT2D eigenvalue weighted by Gasteiger charge is 1.99. The molecule has 2 aromatic rings. The van der Waals surface area contributed by atoms with Crippen molar-refractivity contribution in [1.82, 2.24) is 15.0 Å². The summed E-state index contributed by atoms with van der Waals surface area (Å²) in [5, 5.41) is 1.66. The highest BCUT2D eigenvalue weighted by Crippen LogP contribution is 2.22. The number of aromatic nitrogens is 3. The molecule has 2 rings (SSSR count). The molecule has 0 saturated carbocycles. The maximum Gasteiger partial charge on any atom is 0.171 e. The van der Waals surface area contributed by atoms with E-state index in [1.54, 1.807) is 18.5 Å². The highest BCUT2D eigenvalue weighted by atomic mass is 32.2. The fourth-order valence-corrected chi connectivity index (χ4v) is 1.63. The first-order valence-corrected chi connectivity index (χ1v) is 4.56. The van der Waals surface area contributed by atoms with Gasteiger partial charge in [0.05, 0.1) is 0 Å². The fraction of sp³-hybridized carbons (Fsp3) is 0. The molecule has 0 atom stereocenters. The molecule has 0 saturated heterocycles. The van der Waals surface area contributed by atoms with E-state index in [1.807, 2.05) is 12.1 Å². The van der Waals surface area contributed by atoms with Gasteiger partial charge in [-0.15, -0.1) is 0 Å². The van der Waals surface area contributed by atoms with E-state index < -0.39 is 0 Å². The van der Waals surface area contributed by atoms with Gasteiger partial charge in [-0.3, -0.25) is 0 Å². The van der Waals surface area contributed by atoms with Crippen molar-refractivity contribution < 1.29 is 0 Å². The van der Waals surface area contributed by atoms with Gasteiger partial charge in [-0.2, -0.15) is 0 Å². The average molecular weight is 192 g/mol. The largest absolute Gasteiger partial charge is 0.384 e. The Hall–Kier alpha value is -1.49. The van der Waals surface area contributed by atoms with E-state index in [-0.39, 0.29) is 0 Å². The molecule has 0 amide bonds. The van der Waals surface area contributed by atoms with Gasteiger partial charge in [0.2, 0.25) is 0 Å². The number of hydrogen-bond donors (Lipinski definition) is 2. The van der Waals surface area contributed by atoms with Gasteiger partial charge in [-0.25, -0.2) is 9.97 Å². The molecule has 0 radical (unpaired) electrons. The summed E-state index contributed by atoms with van der Waals surface area (Å²) < 4.78 is 0. The molecule has 66 valence electrons. The zero-order valence-electron chi connectivity index (χ0n) is 6.77. The lowest BCUT2D eigenvalue weighted by atomic mass is 10.5. The first-order valence-electron chi connectivity index (χ1n) is 3.74. The van der Waals surface area contributed by atoms with Crippen molar-refractivity contribution in [2.45, 2.75) is 10.2 Å². The van der Waals surface area contributed by atoms with Crippen molar-refractivity contribution in [3.8, 4) is 0 Å². The number of imidazole rings is 1. The summed E-state index contributed by atoms with van der Waals surface area (Å²) >= 11 is 1.45. The molecular weight excluding hydrogens is 184 g/mol. The second kappa shape index (κ2) is 3.49. The van der Waals surface area contributed by atoms with Gasteiger partial charge >= 0.3 is 0 Å². The minimum Gasteiger partial charge on any atom is -0.384 e. The second-order valence-corrected chi connectivity index (χ2v) is 3.41. The lowest BCUT2D eigenvalue weighted by molar-refractivity contribution is 1.04. The van der Waals surface area contributed by atoms with Crippen molar-refractivity contribution in [2.24, 2.45) is 0 Å². The number of nitrogens with two attached hydrogens (primary N) is 1. The highest BCUT2D eigenvalue weighted by molar-refractivity contribution is 7.99. The Kier molecular flexibility index (Phi) is 2.18. The maximum absolute atomic E-state index is 5.53. The molecule has 0 spiro atoms. The quantitative estimate of drug-likeness (QED) is 0.757. The minimum absolute atomic E-state index is 0.525. The van der Waals surface area contributed by atoms with Gasteiger partial charge in [-0.05, 0) is 23.9 Å². The molecule has 0 aliphatic carbocycles. The smallest absolute Gasteiger partial charge is 0.171 e. The minimum atomic E-state index is 0.525. The SMILES string of the molecule is Nc1cccc(Sc2ncc[nH]2)n1. The molecule has 0 aliphatic heterocycles. The normalized spacial score (nSPS) is 10.2. The predicted molar refractivity (Wildman–Crippen MR) is 51.4 cm³/mol. The van der Waals surface area contributed by atoms with Crippen LogP contribution in [0.1, 0.15) is 0 Å². The average Bonchev–Trinajstić information content (AvgIpc) is 2.57. The first-order chi connectivity index (χ1) is 6.34. The molecule has 2 heterocycles. The molecule has 2 aromatic heterocycles. The number of hydrogen-bond acceptors (Lipinski definition) is 4. The number of nitrogens with one attached hydrogen (secondary N) is 1. The first kappa shape index (κ1) is 8.12. The summed E-state index contributed by atoms with van der Waals surface area (Å²) in [6.45, 7) is 0. The summed E-state index contributed by atoms with van der Waals surface area (Å²) in [7, 11) is 0. The molecule has 13 heavy (non-hydrogen) atoms. The van der Waals surface area contributed by atoms with Crippen LogP contribution in [0.25, 0.3) is 0 Å². The number of pyridine rings is 1. The van der Waals surface area contributed by atoms with Crippen LogP contribution in [0.3, 0.4) is 0 Å². The monoisotopic (exact) mass is 192 g/mol. The summed E-state index contributed by atoms with van der Waals surface area (Å²) in [5.74, 6) is 0.525. The van der Waals surface area contributed by atoms with E-state index in [4.69, 9.17) is 5.73 Å². The third-order valence-corrected chi connectivity index (χ3v) is 2.27. The van der Waals surface area contributed by atoms with Crippen LogP contribution in [0.2, 0.25) is 0 Å². The van der Waals surface area contributed by atoms with Crippen molar-refractivity contribution >= 4 is 17.6 Å². The molecule has 4 nitrogen and oxygen atoms in total. The number of H-pyrrole nitrogens is 1. The Morgan fingerprint density at radius 3 is 3.00 bits per heavy atom. The fourth-order valence-electron chi connectivity index (χ4n) is 0.893. The summed E-state index contributed by atoms with van der Waals surface area (Å²) in [5.41, 5.74) is 5.53. The third kappa shape index (κ3) is 2.00. The molecule has 0 bridgehead atoms. The molecule has 5 heteroatoms. The van der Waals surface area contributed by atoms with Crippen LogP contribution in [0.15, 0.2) is 40.8 Å². The van der Waals surface area contributed by atoms with Gasteiger partial charge in [0, 0.05) is 12.4 Å². The zero-order valence-corrected chi connectivity index (χ0v) is 7.58.